The lowest BCUT2D eigenvalue weighted by Crippen LogP contribution is -2.37. The third-order valence-corrected chi connectivity index (χ3v) is 6.82. The van der Waals surface area contributed by atoms with E-state index in [1.54, 1.807) is 0 Å². The predicted molar refractivity (Wildman–Crippen MR) is 134 cm³/mol. The topological polar surface area (TPSA) is 32.3 Å². The number of nitrogens with one attached hydrogen (secondary N) is 1. The van der Waals surface area contributed by atoms with Crippen LogP contribution in [0.4, 0.5) is 11.4 Å². The maximum absolute atomic E-state index is 13.8. The maximum Gasteiger partial charge on any atom is 0.260 e. The van der Waals surface area contributed by atoms with E-state index in [9.17, 15) is 4.79 Å². The fraction of sp³-hybridized carbons (Fsp3) is 0.0333. The van der Waals surface area contributed by atoms with Gasteiger partial charge in [0.1, 0.15) is 6.17 Å². The molecule has 0 fully saturated rings. The number of anilines is 2. The summed E-state index contributed by atoms with van der Waals surface area (Å²) in [6, 6.07) is 37.4. The Morgan fingerprint density at radius 2 is 1.36 bits per heavy atom. The fourth-order valence-electron chi connectivity index (χ4n) is 5.30. The van der Waals surface area contributed by atoms with Crippen molar-refractivity contribution in [1.82, 2.24) is 0 Å². The van der Waals surface area contributed by atoms with E-state index < -0.39 is 0 Å². The van der Waals surface area contributed by atoms with Gasteiger partial charge in [0.05, 0.1) is 11.4 Å². The number of carbonyl (C=O) groups is 1. The van der Waals surface area contributed by atoms with Gasteiger partial charge in [-0.05, 0) is 45.8 Å². The molecule has 1 atom stereocenters. The zero-order valence-corrected chi connectivity index (χ0v) is 17.8. The molecule has 156 valence electrons. The summed E-state index contributed by atoms with van der Waals surface area (Å²) in [6.45, 7) is 0. The molecule has 1 amide bonds. The number of hydrogen-bond acceptors (Lipinski definition) is 2. The molecule has 0 aliphatic carbocycles. The molecule has 3 heteroatoms. The van der Waals surface area contributed by atoms with Gasteiger partial charge < -0.3 is 5.32 Å². The first-order valence-electron chi connectivity index (χ1n) is 11.2. The van der Waals surface area contributed by atoms with E-state index in [0.29, 0.717) is 0 Å². The minimum absolute atomic E-state index is 0.0415. The Balaban J connectivity index is 1.41. The SMILES string of the molecule is O=C1c2ccc(-c3ccccc3)c3cccc(c23)C2Nc3ccc(-c4ccccc4)cc3N12. The highest BCUT2D eigenvalue weighted by Gasteiger charge is 2.40. The predicted octanol–water partition coefficient (Wildman–Crippen LogP) is 7.26. The second-order valence-electron chi connectivity index (χ2n) is 8.62. The number of benzene rings is 5. The lowest BCUT2D eigenvalue weighted by atomic mass is 9.88. The van der Waals surface area contributed by atoms with Crippen molar-refractivity contribution in [2.24, 2.45) is 0 Å². The third kappa shape index (κ3) is 2.60. The molecule has 0 spiro atoms. The van der Waals surface area contributed by atoms with Crippen LogP contribution in [-0.2, 0) is 0 Å². The van der Waals surface area contributed by atoms with Crippen LogP contribution in [0.15, 0.2) is 109 Å². The summed E-state index contributed by atoms with van der Waals surface area (Å²) >= 11 is 0. The van der Waals surface area contributed by atoms with E-state index in [2.05, 4.69) is 84.2 Å². The lowest BCUT2D eigenvalue weighted by molar-refractivity contribution is 0.0980. The molecule has 5 aromatic rings. The molecule has 3 nitrogen and oxygen atoms in total. The van der Waals surface area contributed by atoms with Gasteiger partial charge in [0.2, 0.25) is 0 Å². The highest BCUT2D eigenvalue weighted by molar-refractivity contribution is 6.21. The van der Waals surface area contributed by atoms with Gasteiger partial charge in [-0.2, -0.15) is 0 Å². The van der Waals surface area contributed by atoms with E-state index in [1.165, 1.54) is 0 Å². The van der Waals surface area contributed by atoms with E-state index in [-0.39, 0.29) is 12.1 Å². The number of nitrogens with zero attached hydrogens (tertiary/aromatic N) is 1. The third-order valence-electron chi connectivity index (χ3n) is 6.82. The summed E-state index contributed by atoms with van der Waals surface area (Å²) in [4.78, 5) is 15.7. The van der Waals surface area contributed by atoms with Gasteiger partial charge in [-0.1, -0.05) is 91.0 Å². The van der Waals surface area contributed by atoms with Crippen molar-refractivity contribution in [3.63, 3.8) is 0 Å². The Morgan fingerprint density at radius 3 is 2.15 bits per heavy atom. The minimum atomic E-state index is -0.208. The first-order valence-corrected chi connectivity index (χ1v) is 11.2. The van der Waals surface area contributed by atoms with Crippen molar-refractivity contribution in [1.29, 1.82) is 0 Å². The summed E-state index contributed by atoms with van der Waals surface area (Å²) in [7, 11) is 0. The van der Waals surface area contributed by atoms with Gasteiger partial charge in [-0.25, -0.2) is 0 Å². The molecule has 2 heterocycles. The molecule has 0 saturated heterocycles. The summed E-state index contributed by atoms with van der Waals surface area (Å²) in [5, 5.41) is 5.78. The molecule has 0 radical (unpaired) electrons. The van der Waals surface area contributed by atoms with Crippen molar-refractivity contribution in [3.05, 3.63) is 120 Å². The second kappa shape index (κ2) is 6.81. The maximum atomic E-state index is 13.8. The van der Waals surface area contributed by atoms with Crippen LogP contribution >= 0.6 is 0 Å². The number of fused-ring (bicyclic) bond motifs is 4. The summed E-state index contributed by atoms with van der Waals surface area (Å²) in [5.74, 6) is 0.0415. The van der Waals surface area contributed by atoms with Crippen LogP contribution in [0.25, 0.3) is 33.0 Å². The summed E-state index contributed by atoms with van der Waals surface area (Å²) in [5.41, 5.74) is 8.37. The smallest absolute Gasteiger partial charge is 0.260 e. The Bertz CT molecular complexity index is 1560. The molecule has 1 unspecified atom stereocenters. The number of rotatable bonds is 2. The quantitative estimate of drug-likeness (QED) is 0.323. The summed E-state index contributed by atoms with van der Waals surface area (Å²) in [6.07, 6.45) is -0.208. The Morgan fingerprint density at radius 1 is 0.636 bits per heavy atom. The Labute approximate surface area is 191 Å². The lowest BCUT2D eigenvalue weighted by Gasteiger charge is -2.32. The average molecular weight is 425 g/mol. The molecular formula is C30H20N2O. The van der Waals surface area contributed by atoms with Crippen molar-refractivity contribution < 1.29 is 4.79 Å². The van der Waals surface area contributed by atoms with Crippen molar-refractivity contribution >= 4 is 28.1 Å². The monoisotopic (exact) mass is 424 g/mol. The number of hydrogen-bond donors (Lipinski definition) is 1. The highest BCUT2D eigenvalue weighted by Crippen LogP contribution is 2.49. The van der Waals surface area contributed by atoms with Crippen LogP contribution in [-0.4, -0.2) is 5.91 Å². The largest absolute Gasteiger partial charge is 0.359 e. The molecule has 2 aliphatic heterocycles. The molecule has 0 saturated carbocycles. The van der Waals surface area contributed by atoms with Crippen molar-refractivity contribution in [3.8, 4) is 22.3 Å². The van der Waals surface area contributed by atoms with Crippen LogP contribution in [0.3, 0.4) is 0 Å². The van der Waals surface area contributed by atoms with E-state index >= 15 is 0 Å². The zero-order valence-electron chi connectivity index (χ0n) is 17.8. The van der Waals surface area contributed by atoms with Gasteiger partial charge in [0, 0.05) is 16.5 Å². The normalized spacial score (nSPS) is 15.8. The van der Waals surface area contributed by atoms with E-state index in [4.69, 9.17) is 0 Å². The highest BCUT2D eigenvalue weighted by atomic mass is 16.2. The number of carbonyl (C=O) groups excluding carboxylic acids is 1. The molecule has 5 aromatic carbocycles. The van der Waals surface area contributed by atoms with Crippen molar-refractivity contribution in [2.75, 3.05) is 10.2 Å². The van der Waals surface area contributed by atoms with E-state index in [1.807, 2.05) is 35.2 Å². The summed E-state index contributed by atoms with van der Waals surface area (Å²) < 4.78 is 0. The second-order valence-corrected chi connectivity index (χ2v) is 8.62. The molecule has 1 N–H and O–H groups in total. The fourth-order valence-corrected chi connectivity index (χ4v) is 5.30. The average Bonchev–Trinajstić information content (AvgIpc) is 3.27. The molecular weight excluding hydrogens is 404 g/mol. The van der Waals surface area contributed by atoms with Gasteiger partial charge in [-0.15, -0.1) is 0 Å². The minimum Gasteiger partial charge on any atom is -0.359 e. The van der Waals surface area contributed by atoms with Crippen LogP contribution in [0.2, 0.25) is 0 Å². The van der Waals surface area contributed by atoms with Crippen LogP contribution in [0.1, 0.15) is 22.1 Å². The first kappa shape index (κ1) is 18.2. The molecule has 33 heavy (non-hydrogen) atoms. The Kier molecular flexibility index (Phi) is 3.76. The first-order chi connectivity index (χ1) is 16.3. The van der Waals surface area contributed by atoms with Gasteiger partial charge in [0.15, 0.2) is 0 Å². The standard InChI is InChI=1S/C30H20N2O/c33-30-25-16-15-22(20-10-5-2-6-11-20)23-12-7-13-24(28(23)25)29-31-26-17-14-21(18-27(26)32(29)30)19-8-3-1-4-9-19/h1-18,29,31H. The molecule has 0 aromatic heterocycles. The van der Waals surface area contributed by atoms with Crippen molar-refractivity contribution in [2.45, 2.75) is 6.17 Å². The zero-order chi connectivity index (χ0) is 21.9. The molecule has 7 rings (SSSR count). The Hall–Kier alpha value is -4.37. The van der Waals surface area contributed by atoms with Crippen LogP contribution in [0, 0.1) is 0 Å². The molecule has 0 bridgehead atoms. The van der Waals surface area contributed by atoms with Crippen LogP contribution in [0.5, 0.6) is 0 Å². The molecule has 2 aliphatic rings. The van der Waals surface area contributed by atoms with Gasteiger partial charge >= 0.3 is 0 Å². The van der Waals surface area contributed by atoms with Crippen LogP contribution < -0.4 is 10.2 Å². The van der Waals surface area contributed by atoms with Gasteiger partial charge in [-0.3, -0.25) is 9.69 Å². The van der Waals surface area contributed by atoms with E-state index in [0.717, 1.165) is 55.5 Å². The van der Waals surface area contributed by atoms with Gasteiger partial charge in [0.25, 0.3) is 5.91 Å². The number of amides is 1.